The van der Waals surface area contributed by atoms with Gasteiger partial charge in [-0.1, -0.05) is 15.9 Å². The van der Waals surface area contributed by atoms with Gasteiger partial charge in [-0.25, -0.2) is 0 Å². The van der Waals surface area contributed by atoms with Gasteiger partial charge >= 0.3 is 0 Å². The van der Waals surface area contributed by atoms with Crippen LogP contribution < -0.4 is 14.8 Å². The van der Waals surface area contributed by atoms with Crippen LogP contribution in [0, 0.1) is 5.92 Å². The zero-order valence-electron chi connectivity index (χ0n) is 13.2. The Morgan fingerprint density at radius 1 is 1.04 bits per heavy atom. The molecule has 2 aromatic carbocycles. The predicted molar refractivity (Wildman–Crippen MR) is 94.7 cm³/mol. The van der Waals surface area contributed by atoms with E-state index in [2.05, 4.69) is 21.2 Å². The van der Waals surface area contributed by atoms with E-state index in [9.17, 15) is 9.59 Å². The number of hydrogen-bond acceptors (Lipinski definition) is 4. The van der Waals surface area contributed by atoms with E-state index in [0.717, 1.165) is 10.2 Å². The Balaban J connectivity index is 1.34. The summed E-state index contributed by atoms with van der Waals surface area (Å²) in [6.45, 7) is 1.00. The average Bonchev–Trinajstić information content (AvgIpc) is 3.03. The van der Waals surface area contributed by atoms with Crippen molar-refractivity contribution in [3.05, 3.63) is 52.5 Å². The van der Waals surface area contributed by atoms with E-state index in [4.69, 9.17) is 9.47 Å². The van der Waals surface area contributed by atoms with Gasteiger partial charge in [-0.2, -0.15) is 0 Å². The van der Waals surface area contributed by atoms with E-state index in [1.807, 2.05) is 24.3 Å². The molecule has 6 nitrogen and oxygen atoms in total. The molecule has 1 saturated heterocycles. The normalized spacial score (nSPS) is 15.6. The summed E-state index contributed by atoms with van der Waals surface area (Å²) in [6, 6.07) is 12.5. The van der Waals surface area contributed by atoms with Crippen molar-refractivity contribution in [2.45, 2.75) is 0 Å². The molecule has 1 fully saturated rings. The number of likely N-dealkylation sites (tertiary alicyclic amines) is 1. The predicted octanol–water partition coefficient (Wildman–Crippen LogP) is 2.89. The molecule has 7 heteroatoms. The number of carbonyl (C=O) groups excluding carboxylic acids is 2. The minimum absolute atomic E-state index is 0.0722. The molecule has 0 saturated carbocycles. The first kappa shape index (κ1) is 16.0. The van der Waals surface area contributed by atoms with Gasteiger partial charge < -0.3 is 19.7 Å². The maximum atomic E-state index is 12.5. The Kier molecular flexibility index (Phi) is 4.09. The molecular formula is C18H15BrN2O4. The Morgan fingerprint density at radius 2 is 1.76 bits per heavy atom. The summed E-state index contributed by atoms with van der Waals surface area (Å²) in [4.78, 5) is 26.4. The number of rotatable bonds is 3. The lowest BCUT2D eigenvalue weighted by atomic mass is 9.97. The third-order valence-electron chi connectivity index (χ3n) is 4.27. The van der Waals surface area contributed by atoms with E-state index in [0.29, 0.717) is 30.2 Å². The van der Waals surface area contributed by atoms with Gasteiger partial charge in [0.25, 0.3) is 5.91 Å². The quantitative estimate of drug-likeness (QED) is 0.856. The minimum Gasteiger partial charge on any atom is -0.454 e. The summed E-state index contributed by atoms with van der Waals surface area (Å²) >= 11 is 3.36. The van der Waals surface area contributed by atoms with Crippen molar-refractivity contribution in [1.29, 1.82) is 0 Å². The van der Waals surface area contributed by atoms with Gasteiger partial charge in [-0.3, -0.25) is 9.59 Å². The van der Waals surface area contributed by atoms with Crippen molar-refractivity contribution in [1.82, 2.24) is 4.90 Å². The first-order valence-electron chi connectivity index (χ1n) is 7.85. The highest BCUT2D eigenvalue weighted by Crippen LogP contribution is 2.33. The molecule has 0 aliphatic carbocycles. The molecule has 0 spiro atoms. The van der Waals surface area contributed by atoms with E-state index in [-0.39, 0.29) is 24.5 Å². The molecule has 0 atom stereocenters. The van der Waals surface area contributed by atoms with Crippen molar-refractivity contribution in [3.63, 3.8) is 0 Å². The Bertz CT molecular complexity index is 831. The fourth-order valence-corrected chi connectivity index (χ4v) is 3.06. The fourth-order valence-electron chi connectivity index (χ4n) is 2.80. The molecular weight excluding hydrogens is 388 g/mol. The summed E-state index contributed by atoms with van der Waals surface area (Å²) in [6.07, 6.45) is 0. The maximum absolute atomic E-state index is 12.5. The lowest BCUT2D eigenvalue weighted by Crippen LogP contribution is -2.54. The van der Waals surface area contributed by atoms with Crippen LogP contribution in [0.5, 0.6) is 11.5 Å². The second kappa shape index (κ2) is 6.40. The molecule has 2 aliphatic rings. The molecule has 0 unspecified atom stereocenters. The number of ether oxygens (including phenoxy) is 2. The van der Waals surface area contributed by atoms with Crippen LogP contribution in [0.1, 0.15) is 10.4 Å². The molecule has 1 N–H and O–H groups in total. The zero-order chi connectivity index (χ0) is 17.4. The van der Waals surface area contributed by atoms with Crippen molar-refractivity contribution in [2.75, 3.05) is 25.2 Å². The lowest BCUT2D eigenvalue weighted by molar-refractivity contribution is -0.123. The topological polar surface area (TPSA) is 67.9 Å². The number of nitrogens with one attached hydrogen (secondary N) is 1. The molecule has 128 valence electrons. The smallest absolute Gasteiger partial charge is 0.254 e. The van der Waals surface area contributed by atoms with Gasteiger partial charge in [0.05, 0.1) is 5.92 Å². The monoisotopic (exact) mass is 402 g/mol. The van der Waals surface area contributed by atoms with Crippen LogP contribution in [0.4, 0.5) is 5.69 Å². The molecule has 2 aliphatic heterocycles. The second-order valence-corrected chi connectivity index (χ2v) is 6.89. The molecule has 2 aromatic rings. The van der Waals surface area contributed by atoms with Gasteiger partial charge in [-0.15, -0.1) is 0 Å². The highest BCUT2D eigenvalue weighted by Gasteiger charge is 2.36. The first-order chi connectivity index (χ1) is 12.1. The number of fused-ring (bicyclic) bond motifs is 1. The van der Waals surface area contributed by atoms with Crippen LogP contribution in [0.25, 0.3) is 0 Å². The first-order valence-corrected chi connectivity index (χ1v) is 8.65. The molecule has 0 bridgehead atoms. The zero-order valence-corrected chi connectivity index (χ0v) is 14.8. The average molecular weight is 403 g/mol. The Labute approximate surface area is 152 Å². The van der Waals surface area contributed by atoms with Crippen molar-refractivity contribution >= 4 is 33.4 Å². The van der Waals surface area contributed by atoms with Crippen LogP contribution in [-0.4, -0.2) is 36.6 Å². The van der Waals surface area contributed by atoms with Gasteiger partial charge in [-0.05, 0) is 42.5 Å². The summed E-state index contributed by atoms with van der Waals surface area (Å²) in [5.41, 5.74) is 1.28. The molecule has 4 rings (SSSR count). The number of hydrogen-bond donors (Lipinski definition) is 1. The number of halogens is 1. The molecule has 2 heterocycles. The molecule has 0 aromatic heterocycles. The van der Waals surface area contributed by atoms with E-state index in [1.54, 1.807) is 23.1 Å². The van der Waals surface area contributed by atoms with Crippen molar-refractivity contribution in [3.8, 4) is 11.5 Å². The SMILES string of the molecule is O=C(Nc1ccc(Br)cc1)C1CN(C(=O)c2ccc3c(c2)OCO3)C1. The molecule has 25 heavy (non-hydrogen) atoms. The second-order valence-electron chi connectivity index (χ2n) is 5.97. The minimum atomic E-state index is -0.193. The van der Waals surface area contributed by atoms with Crippen molar-refractivity contribution < 1.29 is 19.1 Å². The van der Waals surface area contributed by atoms with Gasteiger partial charge in [0.2, 0.25) is 12.7 Å². The number of anilines is 1. The van der Waals surface area contributed by atoms with Gasteiger partial charge in [0, 0.05) is 28.8 Å². The van der Waals surface area contributed by atoms with Crippen LogP contribution in [-0.2, 0) is 4.79 Å². The van der Waals surface area contributed by atoms with Gasteiger partial charge in [0.15, 0.2) is 11.5 Å². The van der Waals surface area contributed by atoms with Crippen LogP contribution in [0.2, 0.25) is 0 Å². The largest absolute Gasteiger partial charge is 0.454 e. The van der Waals surface area contributed by atoms with E-state index in [1.165, 1.54) is 0 Å². The van der Waals surface area contributed by atoms with E-state index < -0.39 is 0 Å². The van der Waals surface area contributed by atoms with Crippen molar-refractivity contribution in [2.24, 2.45) is 5.92 Å². The highest BCUT2D eigenvalue weighted by atomic mass is 79.9. The standard InChI is InChI=1S/C18H15BrN2O4/c19-13-2-4-14(5-3-13)20-17(22)12-8-21(9-12)18(23)11-1-6-15-16(7-11)25-10-24-15/h1-7,12H,8-10H2,(H,20,22). The number of amides is 2. The van der Waals surface area contributed by atoms with Gasteiger partial charge in [0.1, 0.15) is 0 Å². The lowest BCUT2D eigenvalue weighted by Gasteiger charge is -2.38. The Hall–Kier alpha value is -2.54. The van der Waals surface area contributed by atoms with Crippen LogP contribution >= 0.6 is 15.9 Å². The highest BCUT2D eigenvalue weighted by molar-refractivity contribution is 9.10. The third kappa shape index (κ3) is 3.19. The molecule has 0 radical (unpaired) electrons. The maximum Gasteiger partial charge on any atom is 0.254 e. The summed E-state index contributed by atoms with van der Waals surface area (Å²) in [7, 11) is 0. The molecule has 2 amide bonds. The number of carbonyl (C=O) groups is 2. The third-order valence-corrected chi connectivity index (χ3v) is 4.80. The van der Waals surface area contributed by atoms with Crippen LogP contribution in [0.15, 0.2) is 46.9 Å². The summed E-state index contributed by atoms with van der Waals surface area (Å²) in [5.74, 6) is 0.854. The fraction of sp³-hybridized carbons (Fsp3) is 0.222. The van der Waals surface area contributed by atoms with E-state index >= 15 is 0 Å². The summed E-state index contributed by atoms with van der Waals surface area (Å²) < 4.78 is 11.5. The Morgan fingerprint density at radius 3 is 2.52 bits per heavy atom. The number of nitrogens with zero attached hydrogens (tertiary/aromatic N) is 1. The summed E-state index contributed by atoms with van der Waals surface area (Å²) in [5, 5.41) is 2.87. The van der Waals surface area contributed by atoms with Crippen LogP contribution in [0.3, 0.4) is 0 Å². The number of benzene rings is 2.